The van der Waals surface area contributed by atoms with Crippen LogP contribution in [0.1, 0.15) is 6.42 Å². The predicted molar refractivity (Wildman–Crippen MR) is 50.8 cm³/mol. The molecular weight excluding hydrogens is 151 g/mol. The Morgan fingerprint density at radius 3 is 1.73 bits per heavy atom. The summed E-state index contributed by atoms with van der Waals surface area (Å²) in [6.07, 6.45) is 1.65. The van der Waals surface area contributed by atoms with Gasteiger partial charge in [-0.15, -0.1) is 0 Å². The summed E-state index contributed by atoms with van der Waals surface area (Å²) in [6, 6.07) is 0. The van der Waals surface area contributed by atoms with Crippen molar-refractivity contribution < 1.29 is 0 Å². The Labute approximate surface area is 68.7 Å². The molecule has 11 heavy (non-hydrogen) atoms. The van der Waals surface area contributed by atoms with Gasteiger partial charge in [-0.25, -0.2) is 0 Å². The quantitative estimate of drug-likeness (QED) is 0.486. The number of rotatable bonds is 0. The van der Waals surface area contributed by atoms with Crippen LogP contribution in [0, 0.1) is 23.7 Å². The molecule has 0 spiro atoms. The van der Waals surface area contributed by atoms with Gasteiger partial charge in [0.05, 0.1) is 0 Å². The monoisotopic (exact) mass is 168 g/mol. The van der Waals surface area contributed by atoms with Gasteiger partial charge in [-0.1, -0.05) is 0 Å². The first-order valence-electron chi connectivity index (χ1n) is 5.01. The maximum absolute atomic E-state index is 2.66. The second-order valence-electron chi connectivity index (χ2n) is 6.74. The zero-order valence-corrected chi connectivity index (χ0v) is 8.51. The summed E-state index contributed by atoms with van der Waals surface area (Å²) in [5.41, 5.74) is 2.53. The Hall–Kier alpha value is 0.430. The van der Waals surface area contributed by atoms with E-state index in [0.29, 0.717) is 0 Å². The van der Waals surface area contributed by atoms with Gasteiger partial charge in [-0.05, 0) is 0 Å². The van der Waals surface area contributed by atoms with E-state index in [-0.39, 0.29) is 0 Å². The van der Waals surface area contributed by atoms with Gasteiger partial charge in [0.15, 0.2) is 0 Å². The third-order valence-electron chi connectivity index (χ3n) is 5.64. The van der Waals surface area contributed by atoms with Crippen LogP contribution < -0.4 is 0 Å². The van der Waals surface area contributed by atoms with Crippen LogP contribution in [0.3, 0.4) is 0 Å². The zero-order valence-electron chi connectivity index (χ0n) is 7.62. The van der Waals surface area contributed by atoms with Crippen LogP contribution in [-0.2, 0) is 0 Å². The summed E-state index contributed by atoms with van der Waals surface area (Å²) >= 11 is 0. The van der Waals surface area contributed by atoms with Crippen molar-refractivity contribution in [2.75, 3.05) is 20.0 Å². The van der Waals surface area contributed by atoms with Crippen LogP contribution in [0.25, 0.3) is 0 Å². The fraction of sp³-hybridized carbons (Fsp3) is 1.00. The molecule has 5 rings (SSSR count). The topological polar surface area (TPSA) is 0 Å². The van der Waals surface area contributed by atoms with Crippen LogP contribution in [0.4, 0.5) is 0 Å². The third-order valence-corrected chi connectivity index (χ3v) is 11.4. The molecule has 6 atom stereocenters. The molecule has 5 fully saturated rings. The van der Waals surface area contributed by atoms with Crippen molar-refractivity contribution >= 4 is 6.60 Å². The molecule has 0 aromatic carbocycles. The average Bonchev–Trinajstić information content (AvgIpc) is 2.36. The van der Waals surface area contributed by atoms with E-state index in [0.717, 1.165) is 0 Å². The zero-order chi connectivity index (χ0) is 7.62. The minimum atomic E-state index is -1.04. The standard InChI is InChI=1S/C10H17P/c1-11(2,3)9-6-4-5-7(9)8(5)10(6)11/h5-10H,4H2,1-3H3/t5?,6?,7-,8+,9-,10+. The molecule has 1 saturated heterocycles. The molecule has 0 radical (unpaired) electrons. The van der Waals surface area contributed by atoms with Crippen molar-refractivity contribution in [2.24, 2.45) is 23.7 Å². The van der Waals surface area contributed by atoms with Crippen LogP contribution in [-0.4, -0.2) is 31.3 Å². The molecule has 1 aliphatic heterocycles. The van der Waals surface area contributed by atoms with Gasteiger partial charge in [-0.2, -0.15) is 0 Å². The minimum absolute atomic E-state index is 1.04. The van der Waals surface area contributed by atoms with Crippen LogP contribution in [0.5, 0.6) is 0 Å². The Kier molecular flexibility index (Phi) is 0.581. The summed E-state index contributed by atoms with van der Waals surface area (Å²) in [5.74, 6) is 5.03. The molecular formula is C10H17P. The molecule has 4 aliphatic carbocycles. The Morgan fingerprint density at radius 2 is 1.45 bits per heavy atom. The van der Waals surface area contributed by atoms with Gasteiger partial charge < -0.3 is 0 Å². The number of hydrogen-bond donors (Lipinski definition) is 0. The fourth-order valence-corrected chi connectivity index (χ4v) is 12.5. The second kappa shape index (κ2) is 1.07. The van der Waals surface area contributed by atoms with Crippen molar-refractivity contribution in [3.63, 3.8) is 0 Å². The van der Waals surface area contributed by atoms with E-state index >= 15 is 0 Å². The van der Waals surface area contributed by atoms with Gasteiger partial charge in [0.2, 0.25) is 0 Å². The Bertz CT molecular complexity index is 246. The van der Waals surface area contributed by atoms with E-state index in [2.05, 4.69) is 20.0 Å². The maximum atomic E-state index is 2.66. The number of hydrogen-bond acceptors (Lipinski definition) is 0. The molecule has 0 aromatic rings. The first-order valence-corrected chi connectivity index (χ1v) is 8.72. The van der Waals surface area contributed by atoms with Crippen molar-refractivity contribution in [1.29, 1.82) is 0 Å². The van der Waals surface area contributed by atoms with E-state index in [1.165, 1.54) is 35.0 Å². The summed E-state index contributed by atoms with van der Waals surface area (Å²) in [5, 5.41) is 0. The second-order valence-corrected chi connectivity index (χ2v) is 14.0. The fourth-order valence-electron chi connectivity index (χ4n) is 5.77. The molecule has 62 valence electrons. The summed E-state index contributed by atoms with van der Waals surface area (Å²) in [4.78, 5) is 0. The van der Waals surface area contributed by atoms with E-state index in [9.17, 15) is 0 Å². The van der Waals surface area contributed by atoms with E-state index in [1.807, 2.05) is 0 Å². The van der Waals surface area contributed by atoms with Crippen molar-refractivity contribution in [3.8, 4) is 0 Å². The van der Waals surface area contributed by atoms with Gasteiger partial charge in [-0.3, -0.25) is 0 Å². The molecule has 0 amide bonds. The molecule has 0 N–H and O–H groups in total. The van der Waals surface area contributed by atoms with E-state index in [4.69, 9.17) is 0 Å². The molecule has 4 saturated carbocycles. The Morgan fingerprint density at radius 1 is 0.909 bits per heavy atom. The van der Waals surface area contributed by atoms with Gasteiger partial charge in [0.25, 0.3) is 0 Å². The Balaban J connectivity index is 1.97. The van der Waals surface area contributed by atoms with Gasteiger partial charge in [0.1, 0.15) is 0 Å². The molecule has 1 heterocycles. The molecule has 2 unspecified atom stereocenters. The summed E-state index contributed by atoms with van der Waals surface area (Å²) in [7, 11) is 0. The molecule has 5 aliphatic rings. The third kappa shape index (κ3) is 0.344. The van der Waals surface area contributed by atoms with E-state index < -0.39 is 6.60 Å². The SMILES string of the molecule is CP1(C)(C)[C@@H]2C3CC4[C@@H]2[C@H]4[C@H]31. The van der Waals surface area contributed by atoms with Gasteiger partial charge >= 0.3 is 68.0 Å². The molecule has 1 heteroatoms. The van der Waals surface area contributed by atoms with Crippen LogP contribution in [0.15, 0.2) is 0 Å². The first kappa shape index (κ1) is 5.97. The van der Waals surface area contributed by atoms with Crippen molar-refractivity contribution in [1.82, 2.24) is 0 Å². The summed E-state index contributed by atoms with van der Waals surface area (Å²) < 4.78 is 0. The van der Waals surface area contributed by atoms with Crippen molar-refractivity contribution in [3.05, 3.63) is 0 Å². The summed E-state index contributed by atoms with van der Waals surface area (Å²) in [6.45, 7) is 6.93. The molecule has 0 nitrogen and oxygen atoms in total. The van der Waals surface area contributed by atoms with Crippen LogP contribution in [0.2, 0.25) is 0 Å². The predicted octanol–water partition coefficient (Wildman–Crippen LogP) is 2.08. The van der Waals surface area contributed by atoms with Crippen molar-refractivity contribution in [2.45, 2.75) is 17.7 Å². The average molecular weight is 168 g/mol. The van der Waals surface area contributed by atoms with Crippen LogP contribution >= 0.6 is 6.60 Å². The van der Waals surface area contributed by atoms with E-state index in [1.54, 1.807) is 6.42 Å². The molecule has 6 bridgehead atoms. The first-order chi connectivity index (χ1) is 5.01. The molecule has 0 aromatic heterocycles. The van der Waals surface area contributed by atoms with Gasteiger partial charge in [0, 0.05) is 0 Å². The normalized spacial score (nSPS) is 80.1.